The van der Waals surface area contributed by atoms with Crippen molar-refractivity contribution in [1.82, 2.24) is 5.43 Å². The Balaban J connectivity index is 2.02. The predicted molar refractivity (Wildman–Crippen MR) is 70.9 cm³/mol. The van der Waals surface area contributed by atoms with Gasteiger partial charge in [0.2, 0.25) is 0 Å². The molecule has 1 aromatic carbocycles. The molecule has 0 saturated carbocycles. The van der Waals surface area contributed by atoms with E-state index in [0.717, 1.165) is 0 Å². The van der Waals surface area contributed by atoms with Crippen molar-refractivity contribution in [2.45, 2.75) is 6.61 Å². The van der Waals surface area contributed by atoms with Crippen molar-refractivity contribution in [3.05, 3.63) is 52.4 Å². The number of hydrogen-bond donors (Lipinski definition) is 2. The lowest BCUT2D eigenvalue weighted by atomic mass is 10.2. The summed E-state index contributed by atoms with van der Waals surface area (Å²) in [6.07, 6.45) is 0. The molecule has 0 saturated heterocycles. The third kappa shape index (κ3) is 3.09. The zero-order chi connectivity index (χ0) is 14.5. The Bertz CT molecular complexity index is 676. The van der Waals surface area contributed by atoms with E-state index in [9.17, 15) is 4.79 Å². The van der Waals surface area contributed by atoms with E-state index in [2.05, 4.69) is 0 Å². The van der Waals surface area contributed by atoms with Gasteiger partial charge in [-0.2, -0.15) is 5.26 Å². The molecule has 6 nitrogen and oxygen atoms in total. The number of benzene rings is 1. The highest BCUT2D eigenvalue weighted by Gasteiger charge is 2.10. The molecule has 0 spiro atoms. The summed E-state index contributed by atoms with van der Waals surface area (Å²) in [7, 11) is 0. The average Bonchev–Trinajstić information content (AvgIpc) is 2.93. The first-order valence-electron chi connectivity index (χ1n) is 5.56. The molecule has 0 aliphatic rings. The molecule has 0 bridgehead atoms. The number of hydrazine groups is 1. The number of rotatable bonds is 4. The minimum atomic E-state index is -0.516. The molecular formula is C13H10ClN3O3. The quantitative estimate of drug-likeness (QED) is 0.509. The van der Waals surface area contributed by atoms with Crippen molar-refractivity contribution in [1.29, 1.82) is 5.26 Å². The van der Waals surface area contributed by atoms with Crippen LogP contribution in [0.2, 0.25) is 5.02 Å². The Morgan fingerprint density at radius 1 is 1.45 bits per heavy atom. The van der Waals surface area contributed by atoms with Crippen molar-refractivity contribution in [3.63, 3.8) is 0 Å². The van der Waals surface area contributed by atoms with Crippen LogP contribution in [0.4, 0.5) is 0 Å². The van der Waals surface area contributed by atoms with Crippen molar-refractivity contribution in [2.75, 3.05) is 0 Å². The van der Waals surface area contributed by atoms with Gasteiger partial charge in [-0.1, -0.05) is 11.6 Å². The normalized spacial score (nSPS) is 9.85. The van der Waals surface area contributed by atoms with Crippen LogP contribution in [-0.4, -0.2) is 5.91 Å². The molecule has 102 valence electrons. The lowest BCUT2D eigenvalue weighted by Crippen LogP contribution is -2.29. The van der Waals surface area contributed by atoms with Crippen LogP contribution in [0, 0.1) is 11.3 Å². The summed E-state index contributed by atoms with van der Waals surface area (Å²) in [5.74, 6) is 5.53. The zero-order valence-corrected chi connectivity index (χ0v) is 11.0. The van der Waals surface area contributed by atoms with Crippen molar-refractivity contribution in [3.8, 4) is 11.8 Å². The summed E-state index contributed by atoms with van der Waals surface area (Å²) in [6.45, 7) is 0.125. The topological polar surface area (TPSA) is 101 Å². The summed E-state index contributed by atoms with van der Waals surface area (Å²) < 4.78 is 10.7. The summed E-state index contributed by atoms with van der Waals surface area (Å²) in [4.78, 5) is 11.2. The van der Waals surface area contributed by atoms with Crippen LogP contribution in [-0.2, 0) is 6.61 Å². The van der Waals surface area contributed by atoms with E-state index in [1.807, 2.05) is 11.5 Å². The molecule has 2 aromatic rings. The number of hydrogen-bond acceptors (Lipinski definition) is 5. The van der Waals surface area contributed by atoms with E-state index in [1.54, 1.807) is 18.2 Å². The smallest absolute Gasteiger partial charge is 0.300 e. The fourth-order valence-electron chi connectivity index (χ4n) is 1.48. The van der Waals surface area contributed by atoms with Gasteiger partial charge < -0.3 is 9.15 Å². The summed E-state index contributed by atoms with van der Waals surface area (Å²) in [5.41, 5.74) is 2.34. The van der Waals surface area contributed by atoms with E-state index in [4.69, 9.17) is 31.9 Å². The molecule has 2 rings (SSSR count). The van der Waals surface area contributed by atoms with E-state index < -0.39 is 5.91 Å². The van der Waals surface area contributed by atoms with Gasteiger partial charge in [0.25, 0.3) is 0 Å². The fourth-order valence-corrected chi connectivity index (χ4v) is 1.69. The second-order valence-corrected chi connectivity index (χ2v) is 4.19. The monoisotopic (exact) mass is 291 g/mol. The standard InChI is InChI=1S/C13H10ClN3O3/c14-11-5-9(2-1-8(11)6-15)19-7-10-3-4-12(20-10)13(18)17-16/h1-5H,7,16H2,(H,17,18). The number of nitriles is 1. The molecule has 0 radical (unpaired) electrons. The van der Waals surface area contributed by atoms with Crippen LogP contribution < -0.4 is 16.0 Å². The largest absolute Gasteiger partial charge is 0.486 e. The predicted octanol–water partition coefficient (Wildman–Crippen LogP) is 1.99. The number of carbonyl (C=O) groups is 1. The molecule has 3 N–H and O–H groups in total. The molecule has 20 heavy (non-hydrogen) atoms. The molecule has 7 heteroatoms. The molecule has 1 amide bonds. The lowest BCUT2D eigenvalue weighted by Gasteiger charge is -2.05. The SMILES string of the molecule is N#Cc1ccc(OCc2ccc(C(=O)NN)o2)cc1Cl. The molecule has 0 fully saturated rings. The third-order valence-corrected chi connectivity index (χ3v) is 2.77. The Labute approximate surface area is 119 Å². The van der Waals surface area contributed by atoms with Gasteiger partial charge in [-0.3, -0.25) is 10.2 Å². The number of nitrogens with two attached hydrogens (primary N) is 1. The molecule has 1 heterocycles. The fraction of sp³-hybridized carbons (Fsp3) is 0.0769. The highest BCUT2D eigenvalue weighted by atomic mass is 35.5. The van der Waals surface area contributed by atoms with Gasteiger partial charge in [0.05, 0.1) is 10.6 Å². The van der Waals surface area contributed by atoms with Gasteiger partial charge in [-0.25, -0.2) is 5.84 Å². The van der Waals surface area contributed by atoms with Gasteiger partial charge >= 0.3 is 5.91 Å². The van der Waals surface area contributed by atoms with E-state index >= 15 is 0 Å². The summed E-state index contributed by atoms with van der Waals surface area (Å²) in [5, 5.41) is 9.07. The molecule has 1 aromatic heterocycles. The van der Waals surface area contributed by atoms with Crippen LogP contribution in [0.5, 0.6) is 5.75 Å². The van der Waals surface area contributed by atoms with Gasteiger partial charge in [0.1, 0.15) is 24.2 Å². The third-order valence-electron chi connectivity index (χ3n) is 2.46. The number of nitrogens with one attached hydrogen (secondary N) is 1. The number of carbonyl (C=O) groups excluding carboxylic acids is 1. The highest BCUT2D eigenvalue weighted by molar-refractivity contribution is 6.31. The lowest BCUT2D eigenvalue weighted by molar-refractivity contribution is 0.0922. The first-order valence-corrected chi connectivity index (χ1v) is 5.94. The number of ether oxygens (including phenoxy) is 1. The number of amides is 1. The zero-order valence-electron chi connectivity index (χ0n) is 10.2. The van der Waals surface area contributed by atoms with Gasteiger partial charge in [-0.05, 0) is 24.3 Å². The first kappa shape index (κ1) is 13.9. The van der Waals surface area contributed by atoms with Crippen LogP contribution in [0.1, 0.15) is 21.9 Å². The van der Waals surface area contributed by atoms with Crippen LogP contribution >= 0.6 is 11.6 Å². The summed E-state index contributed by atoms with van der Waals surface area (Å²) in [6, 6.07) is 9.78. The second kappa shape index (κ2) is 6.10. The highest BCUT2D eigenvalue weighted by Crippen LogP contribution is 2.22. The van der Waals surface area contributed by atoms with Gasteiger partial charge in [0, 0.05) is 6.07 Å². The minimum absolute atomic E-state index is 0.101. The van der Waals surface area contributed by atoms with E-state index in [1.165, 1.54) is 12.1 Å². The second-order valence-electron chi connectivity index (χ2n) is 3.78. The average molecular weight is 292 g/mol. The maximum Gasteiger partial charge on any atom is 0.300 e. The maximum atomic E-state index is 11.2. The first-order chi connectivity index (χ1) is 9.63. The van der Waals surface area contributed by atoms with Crippen LogP contribution in [0.3, 0.4) is 0 Å². The Hall–Kier alpha value is -2.49. The Morgan fingerprint density at radius 2 is 2.25 bits per heavy atom. The minimum Gasteiger partial charge on any atom is -0.486 e. The van der Waals surface area contributed by atoms with Gasteiger partial charge in [-0.15, -0.1) is 0 Å². The van der Waals surface area contributed by atoms with Crippen LogP contribution in [0.25, 0.3) is 0 Å². The number of nitrogen functional groups attached to an aromatic ring is 1. The number of halogens is 1. The molecule has 0 aliphatic carbocycles. The van der Waals surface area contributed by atoms with Gasteiger partial charge in [0.15, 0.2) is 5.76 Å². The van der Waals surface area contributed by atoms with E-state index in [-0.39, 0.29) is 12.4 Å². The maximum absolute atomic E-state index is 11.2. The number of furan rings is 1. The molecule has 0 atom stereocenters. The Morgan fingerprint density at radius 3 is 2.90 bits per heavy atom. The molecular weight excluding hydrogens is 282 g/mol. The van der Waals surface area contributed by atoms with Crippen molar-refractivity contribution < 1.29 is 13.9 Å². The summed E-state index contributed by atoms with van der Waals surface area (Å²) >= 11 is 5.88. The van der Waals surface area contributed by atoms with E-state index in [0.29, 0.717) is 22.1 Å². The number of nitrogens with zero attached hydrogens (tertiary/aromatic N) is 1. The van der Waals surface area contributed by atoms with Crippen molar-refractivity contribution >= 4 is 17.5 Å². The Kier molecular flexibility index (Phi) is 4.25. The van der Waals surface area contributed by atoms with Crippen LogP contribution in [0.15, 0.2) is 34.7 Å². The molecule has 0 unspecified atom stereocenters. The molecule has 0 aliphatic heterocycles. The van der Waals surface area contributed by atoms with Crippen molar-refractivity contribution in [2.24, 2.45) is 5.84 Å².